The van der Waals surface area contributed by atoms with Crippen molar-refractivity contribution in [3.63, 3.8) is 0 Å². The second-order valence-corrected chi connectivity index (χ2v) is 13.2. The lowest BCUT2D eigenvalue weighted by atomic mass is 9.49. The van der Waals surface area contributed by atoms with Gasteiger partial charge in [0, 0.05) is 6.54 Å². The molecule has 1 aromatic heterocycles. The highest BCUT2D eigenvalue weighted by Crippen LogP contribution is 2.60. The third-order valence-corrected chi connectivity index (χ3v) is 9.90. The molecular formula is C30H30F3NO5S. The fourth-order valence-corrected chi connectivity index (χ4v) is 8.35. The molecule has 1 heterocycles. The Morgan fingerprint density at radius 3 is 2.15 bits per heavy atom. The van der Waals surface area contributed by atoms with Gasteiger partial charge in [-0.15, -0.1) is 0 Å². The zero-order valence-electron chi connectivity index (χ0n) is 21.8. The summed E-state index contributed by atoms with van der Waals surface area (Å²) in [7, 11) is -4.48. The summed E-state index contributed by atoms with van der Waals surface area (Å²) < 4.78 is 75.2. The Kier molecular flexibility index (Phi) is 6.71. The lowest BCUT2D eigenvalue weighted by Crippen LogP contribution is -2.54. The minimum absolute atomic E-state index is 0.0360. The highest BCUT2D eigenvalue weighted by atomic mass is 32.2. The number of amides is 1. The molecule has 4 fully saturated rings. The van der Waals surface area contributed by atoms with E-state index in [1.165, 1.54) is 31.4 Å². The van der Waals surface area contributed by atoms with Crippen LogP contribution in [0.4, 0.5) is 13.2 Å². The monoisotopic (exact) mass is 573 g/mol. The highest BCUT2D eigenvalue weighted by Gasteiger charge is 2.55. The average molecular weight is 574 g/mol. The minimum atomic E-state index is -4.68. The number of hydrogen-bond donors (Lipinski definition) is 0. The SMILES string of the molecule is O=C(N(Cc1ccc(OS(=O)(=O)c2cccc(C(F)(F)F)c2)cc1)Cc1ccco1)C12CC3CC(CC(C3)C1)C2. The summed E-state index contributed by atoms with van der Waals surface area (Å²) in [5, 5.41) is 0. The maximum Gasteiger partial charge on any atom is 0.416 e. The number of rotatable bonds is 8. The molecule has 4 bridgehead atoms. The molecule has 4 saturated carbocycles. The Labute approximate surface area is 231 Å². The molecule has 40 heavy (non-hydrogen) atoms. The van der Waals surface area contributed by atoms with Crippen molar-refractivity contribution in [1.82, 2.24) is 4.90 Å². The van der Waals surface area contributed by atoms with Crippen LogP contribution in [0.25, 0.3) is 0 Å². The minimum Gasteiger partial charge on any atom is -0.467 e. The van der Waals surface area contributed by atoms with Crippen LogP contribution in [0.5, 0.6) is 5.75 Å². The van der Waals surface area contributed by atoms with Crippen molar-refractivity contribution in [2.45, 2.75) is 62.7 Å². The molecule has 4 aliphatic carbocycles. The van der Waals surface area contributed by atoms with Gasteiger partial charge in [0.1, 0.15) is 16.4 Å². The van der Waals surface area contributed by atoms with Gasteiger partial charge in [0.25, 0.3) is 0 Å². The molecule has 0 spiro atoms. The zero-order chi connectivity index (χ0) is 28.1. The van der Waals surface area contributed by atoms with Crippen molar-refractivity contribution in [3.8, 4) is 5.75 Å². The number of halogens is 3. The first-order valence-corrected chi connectivity index (χ1v) is 14.9. The Hall–Kier alpha value is -3.27. The molecule has 0 saturated heterocycles. The van der Waals surface area contributed by atoms with Gasteiger partial charge in [0.15, 0.2) is 0 Å². The van der Waals surface area contributed by atoms with Crippen LogP contribution in [0.3, 0.4) is 0 Å². The van der Waals surface area contributed by atoms with Gasteiger partial charge in [0.2, 0.25) is 5.91 Å². The highest BCUT2D eigenvalue weighted by molar-refractivity contribution is 7.87. The lowest BCUT2D eigenvalue weighted by Gasteiger charge is -2.56. The first-order chi connectivity index (χ1) is 19.0. The molecule has 212 valence electrons. The van der Waals surface area contributed by atoms with E-state index in [9.17, 15) is 26.4 Å². The van der Waals surface area contributed by atoms with E-state index in [2.05, 4.69) is 0 Å². The zero-order valence-corrected chi connectivity index (χ0v) is 22.6. The average Bonchev–Trinajstić information content (AvgIpc) is 3.41. The van der Waals surface area contributed by atoms with Crippen LogP contribution in [-0.4, -0.2) is 19.2 Å². The molecular weight excluding hydrogens is 543 g/mol. The van der Waals surface area contributed by atoms with Crippen molar-refractivity contribution in [1.29, 1.82) is 0 Å². The Morgan fingerprint density at radius 2 is 1.57 bits per heavy atom. The van der Waals surface area contributed by atoms with Gasteiger partial charge in [-0.2, -0.15) is 21.6 Å². The van der Waals surface area contributed by atoms with Gasteiger partial charge in [-0.3, -0.25) is 4.79 Å². The van der Waals surface area contributed by atoms with Gasteiger partial charge >= 0.3 is 16.3 Å². The summed E-state index contributed by atoms with van der Waals surface area (Å²) in [4.78, 5) is 15.4. The number of alkyl halides is 3. The largest absolute Gasteiger partial charge is 0.467 e. The standard InChI is InChI=1S/C30H30F3NO5S/c31-30(32,33)24-3-1-5-27(14-24)40(36,37)39-25-8-6-20(7-9-25)18-34(19-26-4-2-10-38-26)28(35)29-15-21-11-22(16-29)13-23(12-21)17-29/h1-10,14,21-23H,11-13,15-19H2. The molecule has 6 nitrogen and oxygen atoms in total. The second kappa shape index (κ2) is 9.98. The van der Waals surface area contributed by atoms with Crippen molar-refractivity contribution in [2.75, 3.05) is 0 Å². The van der Waals surface area contributed by atoms with Gasteiger partial charge in [-0.05, 0) is 104 Å². The molecule has 4 aliphatic rings. The summed E-state index contributed by atoms with van der Waals surface area (Å²) >= 11 is 0. The Bertz CT molecular complexity index is 1450. The molecule has 0 aliphatic heterocycles. The normalized spacial score (nSPS) is 25.6. The summed E-state index contributed by atoms with van der Waals surface area (Å²) in [5.41, 5.74) is -0.634. The lowest BCUT2D eigenvalue weighted by molar-refractivity contribution is -0.159. The van der Waals surface area contributed by atoms with Gasteiger partial charge in [-0.25, -0.2) is 0 Å². The fraction of sp³-hybridized carbons (Fsp3) is 0.433. The van der Waals surface area contributed by atoms with E-state index in [0.29, 0.717) is 42.7 Å². The van der Waals surface area contributed by atoms with Crippen LogP contribution in [0, 0.1) is 23.2 Å². The molecule has 0 atom stereocenters. The van der Waals surface area contributed by atoms with E-state index < -0.39 is 26.8 Å². The molecule has 0 radical (unpaired) electrons. The van der Waals surface area contributed by atoms with E-state index in [1.54, 1.807) is 24.5 Å². The van der Waals surface area contributed by atoms with Crippen LogP contribution in [0.15, 0.2) is 76.2 Å². The number of hydrogen-bond acceptors (Lipinski definition) is 5. The predicted octanol–water partition coefficient (Wildman–Crippen LogP) is 6.81. The van der Waals surface area contributed by atoms with Gasteiger partial charge in [-0.1, -0.05) is 18.2 Å². The summed E-state index contributed by atoms with van der Waals surface area (Å²) in [6.45, 7) is 0.637. The van der Waals surface area contributed by atoms with Crippen molar-refractivity contribution >= 4 is 16.0 Å². The Morgan fingerprint density at radius 1 is 0.925 bits per heavy atom. The van der Waals surface area contributed by atoms with Crippen LogP contribution in [0.1, 0.15) is 55.4 Å². The fourth-order valence-electron chi connectivity index (χ4n) is 7.37. The molecule has 10 heteroatoms. The number of benzene rings is 2. The van der Waals surface area contributed by atoms with Crippen LogP contribution < -0.4 is 4.18 Å². The molecule has 1 amide bonds. The number of furan rings is 1. The number of carbonyl (C=O) groups is 1. The van der Waals surface area contributed by atoms with Crippen molar-refractivity contribution < 1.29 is 35.0 Å². The Balaban J connectivity index is 1.19. The van der Waals surface area contributed by atoms with Crippen LogP contribution >= 0.6 is 0 Å². The maximum atomic E-state index is 14.1. The maximum absolute atomic E-state index is 14.1. The first-order valence-electron chi connectivity index (χ1n) is 13.5. The molecule has 3 aromatic rings. The van der Waals surface area contributed by atoms with Crippen LogP contribution in [-0.2, 0) is 34.2 Å². The molecule has 2 aromatic carbocycles. The van der Waals surface area contributed by atoms with E-state index >= 15 is 0 Å². The second-order valence-electron chi connectivity index (χ2n) is 11.6. The van der Waals surface area contributed by atoms with Crippen LogP contribution in [0.2, 0.25) is 0 Å². The first kappa shape index (κ1) is 26.9. The summed E-state index contributed by atoms with van der Waals surface area (Å²) in [6, 6.07) is 13.3. The molecule has 7 rings (SSSR count). The predicted molar refractivity (Wildman–Crippen MR) is 139 cm³/mol. The topological polar surface area (TPSA) is 76.8 Å². The molecule has 0 unspecified atom stereocenters. The number of nitrogens with zero attached hydrogens (tertiary/aromatic N) is 1. The van der Waals surface area contributed by atoms with Crippen molar-refractivity contribution in [2.24, 2.45) is 23.2 Å². The van der Waals surface area contributed by atoms with Gasteiger partial charge < -0.3 is 13.5 Å². The summed E-state index contributed by atoms with van der Waals surface area (Å²) in [6.07, 6.45) is 3.41. The van der Waals surface area contributed by atoms with E-state index in [4.69, 9.17) is 8.60 Å². The smallest absolute Gasteiger partial charge is 0.416 e. The number of carbonyl (C=O) groups excluding carboxylic acids is 1. The molecule has 0 N–H and O–H groups in total. The van der Waals surface area contributed by atoms with E-state index in [1.807, 2.05) is 11.0 Å². The van der Waals surface area contributed by atoms with E-state index in [0.717, 1.165) is 43.0 Å². The van der Waals surface area contributed by atoms with Gasteiger partial charge in [0.05, 0.1) is 23.8 Å². The summed E-state index contributed by atoms with van der Waals surface area (Å²) in [5.74, 6) is 2.66. The van der Waals surface area contributed by atoms with Crippen molar-refractivity contribution in [3.05, 3.63) is 83.8 Å². The van der Waals surface area contributed by atoms with E-state index in [-0.39, 0.29) is 17.1 Å². The third-order valence-electron chi connectivity index (χ3n) is 8.66. The quantitative estimate of drug-likeness (QED) is 0.277. The third kappa shape index (κ3) is 5.38.